The average Bonchev–Trinajstić information content (AvgIpc) is 2.82. The van der Waals surface area contributed by atoms with Crippen LogP contribution in [0.1, 0.15) is 18.9 Å². The third-order valence-electron chi connectivity index (χ3n) is 3.50. The van der Waals surface area contributed by atoms with Crippen molar-refractivity contribution in [2.45, 2.75) is 25.6 Å². The monoisotopic (exact) mass is 285 g/mol. The second kappa shape index (κ2) is 5.09. The van der Waals surface area contributed by atoms with E-state index in [0.717, 1.165) is 6.42 Å². The van der Waals surface area contributed by atoms with Gasteiger partial charge in [-0.3, -0.25) is 10.1 Å². The first-order valence-electron chi connectivity index (χ1n) is 6.76. The van der Waals surface area contributed by atoms with Gasteiger partial charge in [-0.05, 0) is 18.1 Å². The molecule has 3 rings (SSSR count). The first-order valence-corrected chi connectivity index (χ1v) is 6.76. The molecule has 0 spiro atoms. The maximum Gasteiger partial charge on any atom is 0.273 e. The Morgan fingerprint density at radius 2 is 1.81 bits per heavy atom. The summed E-state index contributed by atoms with van der Waals surface area (Å²) in [5, 5.41) is 10.8. The van der Waals surface area contributed by atoms with E-state index < -0.39 is 10.7 Å². The number of rotatable bonds is 4. The van der Waals surface area contributed by atoms with E-state index in [1.54, 1.807) is 6.07 Å². The first kappa shape index (κ1) is 13.4. The molecule has 1 aliphatic heterocycles. The van der Waals surface area contributed by atoms with Crippen LogP contribution >= 0.6 is 0 Å². The largest absolute Gasteiger partial charge is 0.449 e. The van der Waals surface area contributed by atoms with Crippen LogP contribution in [0.4, 0.5) is 5.69 Å². The molecule has 1 unspecified atom stereocenters. The summed E-state index contributed by atoms with van der Waals surface area (Å²) in [5.41, 5.74) is 1.21. The Morgan fingerprint density at radius 3 is 2.52 bits per heavy atom. The Bertz CT molecular complexity index is 671. The molecule has 0 aliphatic carbocycles. The standard InChI is InChI=1S/C16H15NO4/c1-16(10-9-12-5-3-2-4-6-12)20-14-8-7-13(17(18)19)11-15(14)21-16/h2-8,11H,9-10H2,1H3. The second-order valence-corrected chi connectivity index (χ2v) is 5.21. The molecule has 0 aromatic heterocycles. The van der Waals surface area contributed by atoms with Gasteiger partial charge in [-0.2, -0.15) is 0 Å². The number of non-ortho nitro benzene ring substituents is 1. The van der Waals surface area contributed by atoms with E-state index in [1.165, 1.54) is 17.7 Å². The van der Waals surface area contributed by atoms with Crippen molar-refractivity contribution in [1.29, 1.82) is 0 Å². The topological polar surface area (TPSA) is 61.6 Å². The number of nitrogens with zero attached hydrogens (tertiary/aromatic N) is 1. The van der Waals surface area contributed by atoms with Crippen LogP contribution in [0.3, 0.4) is 0 Å². The number of nitro benzene ring substituents is 1. The molecule has 1 atom stereocenters. The predicted octanol–water partition coefficient (Wildman–Crippen LogP) is 3.72. The van der Waals surface area contributed by atoms with Gasteiger partial charge in [-0.1, -0.05) is 30.3 Å². The van der Waals surface area contributed by atoms with E-state index in [9.17, 15) is 10.1 Å². The smallest absolute Gasteiger partial charge is 0.273 e. The summed E-state index contributed by atoms with van der Waals surface area (Å²) < 4.78 is 11.6. The molecule has 0 radical (unpaired) electrons. The van der Waals surface area contributed by atoms with Crippen molar-refractivity contribution in [2.24, 2.45) is 0 Å². The van der Waals surface area contributed by atoms with Gasteiger partial charge in [-0.15, -0.1) is 0 Å². The lowest BCUT2D eigenvalue weighted by Crippen LogP contribution is -2.35. The minimum Gasteiger partial charge on any atom is -0.449 e. The molecule has 5 nitrogen and oxygen atoms in total. The van der Waals surface area contributed by atoms with E-state index in [2.05, 4.69) is 12.1 Å². The fourth-order valence-electron chi connectivity index (χ4n) is 2.38. The lowest BCUT2D eigenvalue weighted by atomic mass is 10.1. The number of ether oxygens (including phenoxy) is 2. The highest BCUT2D eigenvalue weighted by atomic mass is 16.7. The molecule has 0 bridgehead atoms. The van der Waals surface area contributed by atoms with Gasteiger partial charge in [0.15, 0.2) is 11.5 Å². The van der Waals surface area contributed by atoms with Gasteiger partial charge in [0, 0.05) is 19.4 Å². The van der Waals surface area contributed by atoms with Gasteiger partial charge in [0.2, 0.25) is 5.79 Å². The molecule has 2 aromatic carbocycles. The Hall–Kier alpha value is -2.56. The normalized spacial score (nSPS) is 19.5. The number of benzene rings is 2. The number of hydrogen-bond donors (Lipinski definition) is 0. The zero-order chi connectivity index (χ0) is 14.9. The lowest BCUT2D eigenvalue weighted by molar-refractivity contribution is -0.384. The van der Waals surface area contributed by atoms with Crippen LogP contribution in [-0.4, -0.2) is 10.7 Å². The lowest BCUT2D eigenvalue weighted by Gasteiger charge is -2.22. The molecule has 1 aliphatic rings. The summed E-state index contributed by atoms with van der Waals surface area (Å²) in [6.45, 7) is 1.85. The van der Waals surface area contributed by atoms with Crippen molar-refractivity contribution in [3.63, 3.8) is 0 Å². The highest BCUT2D eigenvalue weighted by molar-refractivity contribution is 5.50. The van der Waals surface area contributed by atoms with Crippen LogP contribution in [-0.2, 0) is 6.42 Å². The van der Waals surface area contributed by atoms with Crippen molar-refractivity contribution in [1.82, 2.24) is 0 Å². The molecule has 0 N–H and O–H groups in total. The summed E-state index contributed by atoms with van der Waals surface area (Å²) in [7, 11) is 0. The van der Waals surface area contributed by atoms with Gasteiger partial charge >= 0.3 is 0 Å². The maximum absolute atomic E-state index is 10.8. The minimum absolute atomic E-state index is 0.00431. The Kier molecular flexibility index (Phi) is 3.25. The molecule has 0 fully saturated rings. The highest BCUT2D eigenvalue weighted by Crippen LogP contribution is 2.42. The van der Waals surface area contributed by atoms with Gasteiger partial charge in [-0.25, -0.2) is 0 Å². The minimum atomic E-state index is -0.784. The van der Waals surface area contributed by atoms with Crippen molar-refractivity contribution >= 4 is 5.69 Å². The Balaban J connectivity index is 1.72. The van der Waals surface area contributed by atoms with Crippen molar-refractivity contribution in [3.05, 3.63) is 64.2 Å². The molecule has 2 aromatic rings. The number of nitro groups is 1. The summed E-state index contributed by atoms with van der Waals surface area (Å²) in [5.74, 6) is 0.198. The SMILES string of the molecule is CC1(CCc2ccccc2)Oc2ccc([N+](=O)[O-])cc2O1. The van der Waals surface area contributed by atoms with Crippen LogP contribution in [0.2, 0.25) is 0 Å². The predicted molar refractivity (Wildman–Crippen MR) is 77.5 cm³/mol. The first-order chi connectivity index (χ1) is 10.1. The quantitative estimate of drug-likeness (QED) is 0.634. The van der Waals surface area contributed by atoms with Crippen LogP contribution in [0, 0.1) is 10.1 Å². The Labute approximate surface area is 122 Å². The van der Waals surface area contributed by atoms with Gasteiger partial charge < -0.3 is 9.47 Å². The molecular formula is C16H15NO4. The average molecular weight is 285 g/mol. The number of fused-ring (bicyclic) bond motifs is 1. The van der Waals surface area contributed by atoms with Crippen molar-refractivity contribution in [2.75, 3.05) is 0 Å². The summed E-state index contributed by atoms with van der Waals surface area (Å²) in [4.78, 5) is 10.3. The highest BCUT2D eigenvalue weighted by Gasteiger charge is 2.37. The zero-order valence-electron chi connectivity index (χ0n) is 11.6. The molecule has 108 valence electrons. The molecule has 21 heavy (non-hydrogen) atoms. The number of hydrogen-bond acceptors (Lipinski definition) is 4. The second-order valence-electron chi connectivity index (χ2n) is 5.21. The summed E-state index contributed by atoms with van der Waals surface area (Å²) in [6.07, 6.45) is 1.48. The molecule has 0 saturated heterocycles. The molecule has 5 heteroatoms. The molecule has 0 amide bonds. The van der Waals surface area contributed by atoms with Gasteiger partial charge in [0.1, 0.15) is 0 Å². The third-order valence-corrected chi connectivity index (χ3v) is 3.50. The fraction of sp³-hybridized carbons (Fsp3) is 0.250. The number of aryl methyl sites for hydroxylation is 1. The van der Waals surface area contributed by atoms with E-state index >= 15 is 0 Å². The van der Waals surface area contributed by atoms with Gasteiger partial charge in [0.25, 0.3) is 5.69 Å². The summed E-state index contributed by atoms with van der Waals surface area (Å²) >= 11 is 0. The van der Waals surface area contributed by atoms with Crippen LogP contribution in [0.15, 0.2) is 48.5 Å². The van der Waals surface area contributed by atoms with E-state index in [4.69, 9.17) is 9.47 Å². The summed E-state index contributed by atoms with van der Waals surface area (Å²) in [6, 6.07) is 14.5. The molecular weight excluding hydrogens is 270 g/mol. The van der Waals surface area contributed by atoms with E-state index in [0.29, 0.717) is 17.9 Å². The molecule has 1 heterocycles. The van der Waals surface area contributed by atoms with Gasteiger partial charge in [0.05, 0.1) is 11.0 Å². The van der Waals surface area contributed by atoms with Crippen LogP contribution < -0.4 is 9.47 Å². The molecule has 0 saturated carbocycles. The van der Waals surface area contributed by atoms with Crippen LogP contribution in [0.25, 0.3) is 0 Å². The fourth-order valence-corrected chi connectivity index (χ4v) is 2.38. The third kappa shape index (κ3) is 2.81. The maximum atomic E-state index is 10.8. The zero-order valence-corrected chi connectivity index (χ0v) is 11.6. The Morgan fingerprint density at radius 1 is 1.10 bits per heavy atom. The van der Waals surface area contributed by atoms with Crippen molar-refractivity contribution in [3.8, 4) is 11.5 Å². The van der Waals surface area contributed by atoms with E-state index in [-0.39, 0.29) is 5.69 Å². The van der Waals surface area contributed by atoms with Crippen LogP contribution in [0.5, 0.6) is 11.5 Å². The van der Waals surface area contributed by atoms with Crippen molar-refractivity contribution < 1.29 is 14.4 Å². The van der Waals surface area contributed by atoms with E-state index in [1.807, 2.05) is 25.1 Å².